The summed E-state index contributed by atoms with van der Waals surface area (Å²) >= 11 is 3.09. The average Bonchev–Trinajstić information content (AvgIpc) is 2.83. The van der Waals surface area contributed by atoms with Crippen LogP contribution in [-0.2, 0) is 0 Å². The normalized spacial score (nSPS) is 10.8. The molecule has 0 bridgehead atoms. The van der Waals surface area contributed by atoms with Crippen molar-refractivity contribution in [2.24, 2.45) is 5.73 Å². The van der Waals surface area contributed by atoms with Crippen LogP contribution in [0.2, 0.25) is 0 Å². The van der Waals surface area contributed by atoms with Crippen LogP contribution in [0.15, 0.2) is 45.1 Å². The van der Waals surface area contributed by atoms with E-state index in [9.17, 15) is 0 Å². The van der Waals surface area contributed by atoms with Gasteiger partial charge in [-0.05, 0) is 30.8 Å². The van der Waals surface area contributed by atoms with Gasteiger partial charge in [-0.3, -0.25) is 5.41 Å². The van der Waals surface area contributed by atoms with Gasteiger partial charge in [0.2, 0.25) is 0 Å². The molecule has 0 atom stereocenters. The first-order chi connectivity index (χ1) is 9.63. The third-order valence-corrected chi connectivity index (χ3v) is 4.75. The summed E-state index contributed by atoms with van der Waals surface area (Å²) in [6, 6.07) is 9.57. The highest BCUT2D eigenvalue weighted by molar-refractivity contribution is 8.01. The third-order valence-electron chi connectivity index (χ3n) is 2.77. The number of nitrogens with zero attached hydrogens (tertiary/aromatic N) is 2. The Morgan fingerprint density at radius 1 is 1.30 bits per heavy atom. The summed E-state index contributed by atoms with van der Waals surface area (Å²) in [5.41, 5.74) is 8.24. The fourth-order valence-corrected chi connectivity index (χ4v) is 3.70. The van der Waals surface area contributed by atoms with Gasteiger partial charge in [-0.1, -0.05) is 18.2 Å². The predicted octanol–water partition coefficient (Wildman–Crippen LogP) is 3.43. The van der Waals surface area contributed by atoms with Crippen molar-refractivity contribution < 1.29 is 0 Å². The lowest BCUT2D eigenvalue weighted by Gasteiger charge is -2.07. The number of benzene rings is 1. The Kier molecular flexibility index (Phi) is 3.42. The topological polar surface area (TPSA) is 75.7 Å². The van der Waals surface area contributed by atoms with E-state index in [1.807, 2.05) is 42.6 Å². The molecule has 20 heavy (non-hydrogen) atoms. The molecule has 0 unspecified atom stereocenters. The van der Waals surface area contributed by atoms with Crippen molar-refractivity contribution in [3.63, 3.8) is 0 Å². The molecule has 0 saturated carbocycles. The minimum Gasteiger partial charge on any atom is -0.384 e. The van der Waals surface area contributed by atoms with E-state index < -0.39 is 0 Å². The lowest BCUT2D eigenvalue weighted by molar-refractivity contribution is 1.13. The van der Waals surface area contributed by atoms with Gasteiger partial charge in [0.05, 0.1) is 5.52 Å². The molecule has 6 heteroatoms. The zero-order valence-electron chi connectivity index (χ0n) is 10.8. The van der Waals surface area contributed by atoms with Crippen LogP contribution in [-0.4, -0.2) is 15.8 Å². The van der Waals surface area contributed by atoms with Gasteiger partial charge in [0.1, 0.15) is 10.9 Å². The molecule has 0 amide bonds. The van der Waals surface area contributed by atoms with E-state index in [1.54, 1.807) is 11.3 Å². The smallest absolute Gasteiger partial charge is 0.156 e. The van der Waals surface area contributed by atoms with Gasteiger partial charge in [-0.15, -0.1) is 11.3 Å². The Labute approximate surface area is 124 Å². The molecule has 0 fully saturated rings. The zero-order valence-corrected chi connectivity index (χ0v) is 12.4. The molecule has 0 aliphatic heterocycles. The monoisotopic (exact) mass is 300 g/mol. The number of amidine groups is 1. The van der Waals surface area contributed by atoms with Gasteiger partial charge < -0.3 is 5.73 Å². The fraction of sp³-hybridized carbons (Fsp3) is 0.0714. The number of fused-ring (bicyclic) bond motifs is 1. The molecule has 2 heterocycles. The van der Waals surface area contributed by atoms with Crippen LogP contribution < -0.4 is 5.73 Å². The van der Waals surface area contributed by atoms with Crippen molar-refractivity contribution in [3.05, 3.63) is 47.0 Å². The summed E-state index contributed by atoms with van der Waals surface area (Å²) in [5.74, 6) is 0.0563. The van der Waals surface area contributed by atoms with Crippen molar-refractivity contribution in [3.8, 4) is 0 Å². The second-order valence-corrected chi connectivity index (χ2v) is 6.42. The van der Waals surface area contributed by atoms with E-state index in [1.165, 1.54) is 11.8 Å². The molecule has 1 aromatic carbocycles. The highest BCUT2D eigenvalue weighted by Crippen LogP contribution is 2.31. The number of hydrogen-bond acceptors (Lipinski definition) is 5. The Hall–Kier alpha value is -1.92. The zero-order chi connectivity index (χ0) is 14.1. The molecule has 0 spiro atoms. The van der Waals surface area contributed by atoms with Crippen molar-refractivity contribution >= 4 is 39.8 Å². The van der Waals surface area contributed by atoms with Gasteiger partial charge in [0.15, 0.2) is 4.34 Å². The Balaban J connectivity index is 2.10. The van der Waals surface area contributed by atoms with Crippen LogP contribution in [0.5, 0.6) is 0 Å². The van der Waals surface area contributed by atoms with Crippen molar-refractivity contribution in [1.82, 2.24) is 9.97 Å². The third kappa shape index (κ3) is 2.52. The number of rotatable bonds is 3. The van der Waals surface area contributed by atoms with E-state index in [0.29, 0.717) is 5.56 Å². The molecule has 3 rings (SSSR count). The van der Waals surface area contributed by atoms with E-state index >= 15 is 0 Å². The minimum atomic E-state index is 0.0563. The molecule has 0 radical (unpaired) electrons. The number of nitrogen functional groups attached to an aromatic ring is 1. The van der Waals surface area contributed by atoms with E-state index in [0.717, 1.165) is 26.0 Å². The molecule has 0 aliphatic rings. The van der Waals surface area contributed by atoms with E-state index in [2.05, 4.69) is 9.97 Å². The van der Waals surface area contributed by atoms with Crippen LogP contribution in [0, 0.1) is 12.3 Å². The SMILES string of the molecule is Cc1csc(Sc2cc(C(=N)N)c3ccccc3n2)n1. The van der Waals surface area contributed by atoms with Crippen LogP contribution >= 0.6 is 23.1 Å². The second-order valence-electron chi connectivity index (χ2n) is 4.30. The number of para-hydroxylation sites is 1. The van der Waals surface area contributed by atoms with Crippen LogP contribution in [0.3, 0.4) is 0 Å². The first kappa shape index (κ1) is 13.1. The second kappa shape index (κ2) is 5.22. The van der Waals surface area contributed by atoms with Crippen molar-refractivity contribution in [2.75, 3.05) is 0 Å². The van der Waals surface area contributed by atoms with Crippen molar-refractivity contribution in [2.45, 2.75) is 16.3 Å². The van der Waals surface area contributed by atoms with Crippen LogP contribution in [0.1, 0.15) is 11.3 Å². The molecule has 4 nitrogen and oxygen atoms in total. The summed E-state index contributed by atoms with van der Waals surface area (Å²) in [6.45, 7) is 1.97. The first-order valence-corrected chi connectivity index (χ1v) is 7.67. The Morgan fingerprint density at radius 2 is 2.10 bits per heavy atom. The minimum absolute atomic E-state index is 0.0563. The van der Waals surface area contributed by atoms with Crippen molar-refractivity contribution in [1.29, 1.82) is 5.41 Å². The van der Waals surface area contributed by atoms with Gasteiger partial charge in [-0.2, -0.15) is 0 Å². The largest absolute Gasteiger partial charge is 0.384 e. The number of aryl methyl sites for hydroxylation is 1. The standard InChI is InChI=1S/C14H12N4S2/c1-8-7-19-14(17-8)20-12-6-10(13(15)16)9-4-2-3-5-11(9)18-12/h2-7H,1H3,(H3,15,16). The average molecular weight is 300 g/mol. The first-order valence-electron chi connectivity index (χ1n) is 5.97. The highest BCUT2D eigenvalue weighted by Gasteiger charge is 2.10. The molecular weight excluding hydrogens is 288 g/mol. The Bertz CT molecular complexity index is 795. The summed E-state index contributed by atoms with van der Waals surface area (Å²) in [7, 11) is 0. The van der Waals surface area contributed by atoms with E-state index in [-0.39, 0.29) is 5.84 Å². The summed E-state index contributed by atoms with van der Waals surface area (Å²) in [4.78, 5) is 9.02. The summed E-state index contributed by atoms with van der Waals surface area (Å²) in [5, 5.41) is 11.4. The fourth-order valence-electron chi connectivity index (χ4n) is 1.89. The lowest BCUT2D eigenvalue weighted by Crippen LogP contribution is -2.12. The van der Waals surface area contributed by atoms with Crippen LogP contribution in [0.4, 0.5) is 0 Å². The molecule has 3 N–H and O–H groups in total. The molecule has 100 valence electrons. The van der Waals surface area contributed by atoms with Crippen LogP contribution in [0.25, 0.3) is 10.9 Å². The molecule has 3 aromatic rings. The van der Waals surface area contributed by atoms with Gasteiger partial charge >= 0.3 is 0 Å². The number of pyridine rings is 1. The summed E-state index contributed by atoms with van der Waals surface area (Å²) < 4.78 is 0.944. The quantitative estimate of drug-likeness (QED) is 0.574. The number of nitrogens with one attached hydrogen (secondary N) is 1. The van der Waals surface area contributed by atoms with E-state index in [4.69, 9.17) is 11.1 Å². The van der Waals surface area contributed by atoms with Gasteiger partial charge in [0.25, 0.3) is 0 Å². The maximum Gasteiger partial charge on any atom is 0.156 e. The molecule has 2 aromatic heterocycles. The number of hydrogen-bond donors (Lipinski definition) is 2. The maximum absolute atomic E-state index is 7.73. The Morgan fingerprint density at radius 3 is 2.80 bits per heavy atom. The van der Waals surface area contributed by atoms with Gasteiger partial charge in [-0.25, -0.2) is 9.97 Å². The van der Waals surface area contributed by atoms with Gasteiger partial charge in [0, 0.05) is 22.0 Å². The highest BCUT2D eigenvalue weighted by atomic mass is 32.2. The summed E-state index contributed by atoms with van der Waals surface area (Å²) in [6.07, 6.45) is 0. The molecule has 0 aliphatic carbocycles. The lowest BCUT2D eigenvalue weighted by atomic mass is 10.1. The maximum atomic E-state index is 7.73. The predicted molar refractivity (Wildman–Crippen MR) is 83.7 cm³/mol. The number of nitrogens with two attached hydrogens (primary N) is 1. The number of thiazole rings is 1. The molecular formula is C14H12N4S2. The molecule has 0 saturated heterocycles. The number of aromatic nitrogens is 2.